The summed E-state index contributed by atoms with van der Waals surface area (Å²) >= 11 is 0. The highest BCUT2D eigenvalue weighted by Crippen LogP contribution is 2.32. The van der Waals surface area contributed by atoms with Gasteiger partial charge in [-0.1, -0.05) is 33.1 Å². The van der Waals surface area contributed by atoms with Gasteiger partial charge < -0.3 is 20.1 Å². The van der Waals surface area contributed by atoms with E-state index in [9.17, 15) is 9.59 Å². The molecule has 3 rings (SSSR count). The third kappa shape index (κ3) is 5.15. The zero-order valence-corrected chi connectivity index (χ0v) is 16.3. The number of amides is 2. The largest absolute Gasteiger partial charge is 0.490 e. The Kier molecular flexibility index (Phi) is 6.58. The molecule has 148 valence electrons. The molecule has 1 aromatic carbocycles. The summed E-state index contributed by atoms with van der Waals surface area (Å²) in [6.45, 7) is 5.11. The molecule has 2 amide bonds. The molecular weight excluding hydrogens is 344 g/mol. The number of carbonyl (C=O) groups excluding carboxylic acids is 2. The molecule has 1 aliphatic carbocycles. The topological polar surface area (TPSA) is 76.7 Å². The lowest BCUT2D eigenvalue weighted by Gasteiger charge is -2.26. The van der Waals surface area contributed by atoms with Crippen LogP contribution >= 0.6 is 0 Å². The Morgan fingerprint density at radius 2 is 1.70 bits per heavy atom. The van der Waals surface area contributed by atoms with Gasteiger partial charge in [-0.15, -0.1) is 0 Å². The molecule has 1 fully saturated rings. The third-order valence-electron chi connectivity index (χ3n) is 5.24. The molecule has 6 nitrogen and oxygen atoms in total. The zero-order valence-electron chi connectivity index (χ0n) is 16.3. The Labute approximate surface area is 161 Å². The normalized spacial score (nSPS) is 18.5. The summed E-state index contributed by atoms with van der Waals surface area (Å²) in [6, 6.07) is 4.82. The SMILES string of the molecule is CC(C)C(NC(=O)C1CCCCC1)C(=O)Nc1ccc2c(c1)OCCCO2. The molecule has 0 radical (unpaired) electrons. The molecule has 1 heterocycles. The number of fused-ring (bicyclic) bond motifs is 1. The van der Waals surface area contributed by atoms with Crippen LogP contribution in [0.5, 0.6) is 11.5 Å². The van der Waals surface area contributed by atoms with Gasteiger partial charge in [0.25, 0.3) is 0 Å². The second kappa shape index (κ2) is 9.11. The first-order chi connectivity index (χ1) is 13.0. The summed E-state index contributed by atoms with van der Waals surface area (Å²) in [6.07, 6.45) is 6.05. The monoisotopic (exact) mass is 374 g/mol. The molecular formula is C21H30N2O4. The van der Waals surface area contributed by atoms with E-state index in [4.69, 9.17) is 9.47 Å². The molecule has 1 saturated carbocycles. The fourth-order valence-corrected chi connectivity index (χ4v) is 3.63. The average molecular weight is 374 g/mol. The van der Waals surface area contributed by atoms with Crippen molar-refractivity contribution in [1.82, 2.24) is 5.32 Å². The van der Waals surface area contributed by atoms with E-state index in [1.54, 1.807) is 18.2 Å². The van der Waals surface area contributed by atoms with Gasteiger partial charge in [-0.25, -0.2) is 0 Å². The van der Waals surface area contributed by atoms with Crippen molar-refractivity contribution in [3.8, 4) is 11.5 Å². The van der Waals surface area contributed by atoms with Gasteiger partial charge in [-0.05, 0) is 30.9 Å². The van der Waals surface area contributed by atoms with E-state index < -0.39 is 6.04 Å². The van der Waals surface area contributed by atoms with Crippen molar-refractivity contribution in [1.29, 1.82) is 0 Å². The van der Waals surface area contributed by atoms with Crippen LogP contribution in [0.25, 0.3) is 0 Å². The van der Waals surface area contributed by atoms with Crippen molar-refractivity contribution in [3.63, 3.8) is 0 Å². The fraction of sp³-hybridized carbons (Fsp3) is 0.619. The molecule has 0 bridgehead atoms. The standard InChI is InChI=1S/C21H30N2O4/c1-14(2)19(23-20(24)15-7-4-3-5-8-15)21(25)22-16-9-10-17-18(13-16)27-12-6-11-26-17/h9-10,13-15,19H,3-8,11-12H2,1-2H3,(H,22,25)(H,23,24). The van der Waals surface area contributed by atoms with Crippen LogP contribution in [-0.2, 0) is 9.59 Å². The van der Waals surface area contributed by atoms with Crippen molar-refractivity contribution in [3.05, 3.63) is 18.2 Å². The number of ether oxygens (including phenoxy) is 2. The van der Waals surface area contributed by atoms with Gasteiger partial charge in [0.05, 0.1) is 13.2 Å². The Morgan fingerprint density at radius 1 is 1.00 bits per heavy atom. The lowest BCUT2D eigenvalue weighted by molar-refractivity contribution is -0.130. The molecule has 0 spiro atoms. The predicted molar refractivity (Wildman–Crippen MR) is 104 cm³/mol. The highest BCUT2D eigenvalue weighted by molar-refractivity contribution is 5.97. The van der Waals surface area contributed by atoms with E-state index in [0.717, 1.165) is 32.1 Å². The number of rotatable bonds is 5. The Morgan fingerprint density at radius 3 is 2.41 bits per heavy atom. The van der Waals surface area contributed by atoms with Crippen LogP contribution in [-0.4, -0.2) is 31.1 Å². The molecule has 2 N–H and O–H groups in total. The van der Waals surface area contributed by atoms with Crippen LogP contribution in [0.1, 0.15) is 52.4 Å². The molecule has 2 aliphatic rings. The molecule has 1 unspecified atom stereocenters. The minimum Gasteiger partial charge on any atom is -0.490 e. The van der Waals surface area contributed by atoms with Gasteiger partial charge in [0.15, 0.2) is 11.5 Å². The highest BCUT2D eigenvalue weighted by Gasteiger charge is 2.28. The molecule has 27 heavy (non-hydrogen) atoms. The van der Waals surface area contributed by atoms with Gasteiger partial charge in [0.1, 0.15) is 6.04 Å². The van der Waals surface area contributed by atoms with Gasteiger partial charge >= 0.3 is 0 Å². The van der Waals surface area contributed by atoms with Crippen LogP contribution in [0.15, 0.2) is 18.2 Å². The summed E-state index contributed by atoms with van der Waals surface area (Å²) in [5.41, 5.74) is 0.641. The number of carbonyl (C=O) groups is 2. The summed E-state index contributed by atoms with van der Waals surface area (Å²) in [5, 5.41) is 5.88. The van der Waals surface area contributed by atoms with Crippen molar-refractivity contribution in [2.45, 2.75) is 58.4 Å². The van der Waals surface area contributed by atoms with E-state index >= 15 is 0 Å². The van der Waals surface area contributed by atoms with Gasteiger partial charge in [-0.2, -0.15) is 0 Å². The van der Waals surface area contributed by atoms with Crippen molar-refractivity contribution < 1.29 is 19.1 Å². The predicted octanol–water partition coefficient (Wildman–Crippen LogP) is 3.51. The van der Waals surface area contributed by atoms with Crippen LogP contribution in [0, 0.1) is 11.8 Å². The Balaban J connectivity index is 1.64. The van der Waals surface area contributed by atoms with Crippen LogP contribution < -0.4 is 20.1 Å². The molecule has 1 aromatic rings. The van der Waals surface area contributed by atoms with E-state index in [0.29, 0.717) is 30.4 Å². The van der Waals surface area contributed by atoms with Crippen LogP contribution in [0.4, 0.5) is 5.69 Å². The average Bonchev–Trinajstić information content (AvgIpc) is 2.91. The quantitative estimate of drug-likeness (QED) is 0.827. The maximum absolute atomic E-state index is 12.8. The fourth-order valence-electron chi connectivity index (χ4n) is 3.63. The smallest absolute Gasteiger partial charge is 0.247 e. The van der Waals surface area contributed by atoms with Gasteiger partial charge in [0.2, 0.25) is 11.8 Å². The number of hydrogen-bond donors (Lipinski definition) is 2. The number of benzene rings is 1. The highest BCUT2D eigenvalue weighted by atomic mass is 16.5. The van der Waals surface area contributed by atoms with E-state index in [1.807, 2.05) is 13.8 Å². The number of anilines is 1. The second-order valence-corrected chi connectivity index (χ2v) is 7.77. The van der Waals surface area contributed by atoms with Crippen molar-refractivity contribution in [2.24, 2.45) is 11.8 Å². The second-order valence-electron chi connectivity index (χ2n) is 7.77. The molecule has 1 aliphatic heterocycles. The first-order valence-electron chi connectivity index (χ1n) is 10.1. The zero-order chi connectivity index (χ0) is 19.2. The van der Waals surface area contributed by atoms with Crippen molar-refractivity contribution in [2.75, 3.05) is 18.5 Å². The van der Waals surface area contributed by atoms with Gasteiger partial charge in [-0.3, -0.25) is 9.59 Å². The Bertz CT molecular complexity index is 668. The molecule has 0 aromatic heterocycles. The Hall–Kier alpha value is -2.24. The van der Waals surface area contributed by atoms with E-state index in [-0.39, 0.29) is 23.7 Å². The summed E-state index contributed by atoms with van der Waals surface area (Å²) in [7, 11) is 0. The first-order valence-corrected chi connectivity index (χ1v) is 10.1. The van der Waals surface area contributed by atoms with E-state index in [1.165, 1.54) is 6.42 Å². The molecule has 1 atom stereocenters. The molecule has 6 heteroatoms. The number of nitrogens with one attached hydrogen (secondary N) is 2. The number of hydrogen-bond acceptors (Lipinski definition) is 4. The lowest BCUT2D eigenvalue weighted by atomic mass is 9.88. The minimum atomic E-state index is -0.560. The summed E-state index contributed by atoms with van der Waals surface area (Å²) < 4.78 is 11.3. The summed E-state index contributed by atoms with van der Waals surface area (Å²) in [5.74, 6) is 1.16. The third-order valence-corrected chi connectivity index (χ3v) is 5.24. The lowest BCUT2D eigenvalue weighted by Crippen LogP contribution is -2.49. The van der Waals surface area contributed by atoms with E-state index in [2.05, 4.69) is 10.6 Å². The van der Waals surface area contributed by atoms with Crippen LogP contribution in [0.3, 0.4) is 0 Å². The van der Waals surface area contributed by atoms with Gasteiger partial charge in [0, 0.05) is 24.1 Å². The maximum atomic E-state index is 12.8. The minimum absolute atomic E-state index is 0.00190. The summed E-state index contributed by atoms with van der Waals surface area (Å²) in [4.78, 5) is 25.4. The van der Waals surface area contributed by atoms with Crippen LogP contribution in [0.2, 0.25) is 0 Å². The first kappa shape index (κ1) is 19.5. The maximum Gasteiger partial charge on any atom is 0.247 e. The molecule has 0 saturated heterocycles. The van der Waals surface area contributed by atoms with Crippen molar-refractivity contribution >= 4 is 17.5 Å².